The van der Waals surface area contributed by atoms with Gasteiger partial charge in [-0.1, -0.05) is 47.1 Å². The fourth-order valence-corrected chi connectivity index (χ4v) is 3.49. The molecule has 0 bridgehead atoms. The van der Waals surface area contributed by atoms with Gasteiger partial charge in [-0.15, -0.1) is 10.2 Å². The normalized spacial score (nSPS) is 10.6. The molecule has 0 saturated heterocycles. The fraction of sp³-hybridized carbons (Fsp3) is 0.200. The van der Waals surface area contributed by atoms with E-state index in [1.807, 2.05) is 25.1 Å². The number of rotatable bonds is 7. The molecule has 0 saturated carbocycles. The van der Waals surface area contributed by atoms with Gasteiger partial charge < -0.3 is 15.2 Å². The zero-order valence-corrected chi connectivity index (χ0v) is 17.5. The maximum absolute atomic E-state index is 12.3. The van der Waals surface area contributed by atoms with Crippen molar-refractivity contribution < 1.29 is 9.59 Å². The molecule has 0 aliphatic rings. The summed E-state index contributed by atoms with van der Waals surface area (Å²) in [4.78, 5) is 24.4. The Balaban J connectivity index is 1.52. The first-order valence-electron chi connectivity index (χ1n) is 8.84. The third-order valence-corrected chi connectivity index (χ3v) is 5.31. The van der Waals surface area contributed by atoms with Crippen LogP contribution in [0.1, 0.15) is 21.7 Å². The average Bonchev–Trinajstić information content (AvgIpc) is 3.04. The minimum absolute atomic E-state index is 0.172. The number of aromatic nitrogens is 3. The monoisotopic (exact) mass is 429 g/mol. The molecule has 0 aliphatic heterocycles. The Kier molecular flexibility index (Phi) is 6.90. The van der Waals surface area contributed by atoms with E-state index in [0.29, 0.717) is 27.3 Å². The molecule has 3 aromatic rings. The number of aryl methyl sites for hydroxylation is 1. The molecule has 0 radical (unpaired) electrons. The van der Waals surface area contributed by atoms with Gasteiger partial charge in [-0.25, -0.2) is 0 Å². The Morgan fingerprint density at radius 2 is 1.93 bits per heavy atom. The van der Waals surface area contributed by atoms with Gasteiger partial charge >= 0.3 is 0 Å². The zero-order valence-electron chi connectivity index (χ0n) is 16.0. The number of anilines is 1. The van der Waals surface area contributed by atoms with Gasteiger partial charge in [0.2, 0.25) is 5.91 Å². The largest absolute Gasteiger partial charge is 0.345 e. The molecule has 9 heteroatoms. The number of nitrogens with one attached hydrogen (secondary N) is 2. The molecule has 2 amide bonds. The van der Waals surface area contributed by atoms with Crippen LogP contribution in [0.3, 0.4) is 0 Å². The Morgan fingerprint density at radius 3 is 2.69 bits per heavy atom. The van der Waals surface area contributed by atoms with Crippen LogP contribution in [0.4, 0.5) is 5.69 Å². The van der Waals surface area contributed by atoms with Crippen LogP contribution in [-0.4, -0.2) is 32.3 Å². The highest BCUT2D eigenvalue weighted by Gasteiger charge is 2.13. The number of halogens is 1. The molecule has 0 unspecified atom stereocenters. The third-order valence-electron chi connectivity index (χ3n) is 4.05. The molecule has 2 N–H and O–H groups in total. The molecular formula is C20H20ClN5O2S. The predicted molar refractivity (Wildman–Crippen MR) is 114 cm³/mol. The summed E-state index contributed by atoms with van der Waals surface area (Å²) in [7, 11) is 1.80. The van der Waals surface area contributed by atoms with Gasteiger partial charge in [0.15, 0.2) is 11.0 Å². The quantitative estimate of drug-likeness (QED) is 0.561. The van der Waals surface area contributed by atoms with E-state index in [4.69, 9.17) is 11.6 Å². The molecular weight excluding hydrogens is 410 g/mol. The summed E-state index contributed by atoms with van der Waals surface area (Å²) in [6.07, 6.45) is 0. The molecule has 2 aromatic carbocycles. The maximum Gasteiger partial charge on any atom is 0.251 e. The number of thioether (sulfide) groups is 1. The first kappa shape index (κ1) is 20.9. The lowest BCUT2D eigenvalue weighted by molar-refractivity contribution is -0.113. The molecule has 1 heterocycles. The Hall–Kier alpha value is -2.84. The SMILES string of the molecule is Cc1cccc(C(=O)NCc2nnc(SCC(=O)Nc3cccc(Cl)c3)n2C)c1. The van der Waals surface area contributed by atoms with E-state index in [1.54, 1.807) is 41.9 Å². The first-order valence-corrected chi connectivity index (χ1v) is 10.2. The van der Waals surface area contributed by atoms with E-state index in [2.05, 4.69) is 20.8 Å². The van der Waals surface area contributed by atoms with Gasteiger partial charge in [0.1, 0.15) is 0 Å². The van der Waals surface area contributed by atoms with Gasteiger partial charge in [-0.05, 0) is 37.3 Å². The molecule has 1 aromatic heterocycles. The average molecular weight is 430 g/mol. The van der Waals surface area contributed by atoms with E-state index >= 15 is 0 Å². The number of amides is 2. The van der Waals surface area contributed by atoms with Crippen LogP contribution in [0.25, 0.3) is 0 Å². The van der Waals surface area contributed by atoms with Gasteiger partial charge in [-0.3, -0.25) is 9.59 Å². The topological polar surface area (TPSA) is 88.9 Å². The molecule has 3 rings (SSSR count). The highest BCUT2D eigenvalue weighted by Crippen LogP contribution is 2.18. The Labute approximate surface area is 177 Å². The summed E-state index contributed by atoms with van der Waals surface area (Å²) >= 11 is 7.18. The molecule has 150 valence electrons. The standard InChI is InChI=1S/C20H20ClN5O2S/c1-13-5-3-6-14(9-13)19(28)22-11-17-24-25-20(26(17)2)29-12-18(27)23-16-8-4-7-15(21)10-16/h3-10H,11-12H2,1-2H3,(H,22,28)(H,23,27). The first-order chi connectivity index (χ1) is 13.9. The summed E-state index contributed by atoms with van der Waals surface area (Å²) in [6.45, 7) is 2.18. The van der Waals surface area contributed by atoms with Gasteiger partial charge in [-0.2, -0.15) is 0 Å². The van der Waals surface area contributed by atoms with E-state index in [9.17, 15) is 9.59 Å². The predicted octanol–water partition coefficient (Wildman–Crippen LogP) is 3.44. The Bertz CT molecular complexity index is 1040. The van der Waals surface area contributed by atoms with Crippen molar-refractivity contribution in [2.45, 2.75) is 18.6 Å². The number of carbonyl (C=O) groups excluding carboxylic acids is 2. The summed E-state index contributed by atoms with van der Waals surface area (Å²) < 4.78 is 1.76. The highest BCUT2D eigenvalue weighted by molar-refractivity contribution is 7.99. The molecule has 0 spiro atoms. The van der Waals surface area contributed by atoms with Crippen LogP contribution in [0, 0.1) is 6.92 Å². The van der Waals surface area contributed by atoms with Crippen LogP contribution in [0.2, 0.25) is 5.02 Å². The van der Waals surface area contributed by atoms with Crippen molar-refractivity contribution in [3.8, 4) is 0 Å². The Morgan fingerprint density at radius 1 is 1.14 bits per heavy atom. The number of hydrogen-bond acceptors (Lipinski definition) is 5. The van der Waals surface area contributed by atoms with Crippen LogP contribution in [0.5, 0.6) is 0 Å². The number of benzene rings is 2. The van der Waals surface area contributed by atoms with Crippen molar-refractivity contribution in [3.63, 3.8) is 0 Å². The fourth-order valence-electron chi connectivity index (χ4n) is 2.57. The number of nitrogens with zero attached hydrogens (tertiary/aromatic N) is 3. The van der Waals surface area contributed by atoms with Crippen LogP contribution < -0.4 is 10.6 Å². The van der Waals surface area contributed by atoms with Crippen molar-refractivity contribution >= 4 is 40.9 Å². The number of carbonyl (C=O) groups is 2. The third kappa shape index (κ3) is 5.82. The van der Waals surface area contributed by atoms with Crippen molar-refractivity contribution in [3.05, 3.63) is 70.5 Å². The maximum atomic E-state index is 12.3. The van der Waals surface area contributed by atoms with E-state index in [0.717, 1.165) is 5.56 Å². The lowest BCUT2D eigenvalue weighted by Gasteiger charge is -2.07. The van der Waals surface area contributed by atoms with Gasteiger partial charge in [0.25, 0.3) is 5.91 Å². The van der Waals surface area contributed by atoms with E-state index in [-0.39, 0.29) is 24.1 Å². The van der Waals surface area contributed by atoms with Gasteiger partial charge in [0.05, 0.1) is 12.3 Å². The van der Waals surface area contributed by atoms with Crippen molar-refractivity contribution in [1.29, 1.82) is 0 Å². The minimum Gasteiger partial charge on any atom is -0.345 e. The van der Waals surface area contributed by atoms with Crippen molar-refractivity contribution in [1.82, 2.24) is 20.1 Å². The second-order valence-corrected chi connectivity index (χ2v) is 7.74. The second-order valence-electron chi connectivity index (χ2n) is 6.36. The van der Waals surface area contributed by atoms with E-state index in [1.165, 1.54) is 11.8 Å². The zero-order chi connectivity index (χ0) is 20.8. The summed E-state index contributed by atoms with van der Waals surface area (Å²) in [5, 5.41) is 15.0. The van der Waals surface area contributed by atoms with Crippen LogP contribution >= 0.6 is 23.4 Å². The molecule has 7 nitrogen and oxygen atoms in total. The smallest absolute Gasteiger partial charge is 0.251 e. The molecule has 0 atom stereocenters. The van der Waals surface area contributed by atoms with Gasteiger partial charge in [0, 0.05) is 23.3 Å². The molecule has 0 fully saturated rings. The molecule has 0 aliphatic carbocycles. The van der Waals surface area contributed by atoms with E-state index < -0.39 is 0 Å². The van der Waals surface area contributed by atoms with Crippen molar-refractivity contribution in [2.24, 2.45) is 7.05 Å². The number of hydrogen-bond donors (Lipinski definition) is 2. The lowest BCUT2D eigenvalue weighted by Crippen LogP contribution is -2.24. The minimum atomic E-state index is -0.174. The highest BCUT2D eigenvalue weighted by atomic mass is 35.5. The lowest BCUT2D eigenvalue weighted by atomic mass is 10.1. The summed E-state index contributed by atoms with van der Waals surface area (Å²) in [5.74, 6) is 0.429. The van der Waals surface area contributed by atoms with Crippen LogP contribution in [0.15, 0.2) is 53.7 Å². The second kappa shape index (κ2) is 9.58. The summed E-state index contributed by atoms with van der Waals surface area (Å²) in [5.41, 5.74) is 2.26. The summed E-state index contributed by atoms with van der Waals surface area (Å²) in [6, 6.07) is 14.3. The van der Waals surface area contributed by atoms with Crippen molar-refractivity contribution in [2.75, 3.05) is 11.1 Å². The molecule has 29 heavy (non-hydrogen) atoms. The van der Waals surface area contributed by atoms with Crippen LogP contribution in [-0.2, 0) is 18.4 Å².